The van der Waals surface area contributed by atoms with Crippen LogP contribution in [-0.2, 0) is 13.1 Å². The topological polar surface area (TPSA) is 144 Å². The van der Waals surface area contributed by atoms with Gasteiger partial charge in [0.25, 0.3) is 11.4 Å². The second-order valence-electron chi connectivity index (χ2n) is 9.70. The molecule has 0 spiro atoms. The number of nitrogens with zero attached hydrogens (tertiary/aromatic N) is 8. The Hall–Kier alpha value is -6.56. The van der Waals surface area contributed by atoms with Gasteiger partial charge in [-0.05, 0) is 48.5 Å². The van der Waals surface area contributed by atoms with E-state index in [1.165, 1.54) is 12.1 Å². The zero-order valence-corrected chi connectivity index (χ0v) is 24.5. The standard InChI is InChI=1S/2C17H14N4O2/c2*22-21(23)15-8-2-1-7-14(15)13-20(16-9-3-5-11-18-16)17-10-4-6-12-19-17/h2*1-12H,13H2. The molecule has 0 fully saturated rings. The number of nitro benzene ring substituents is 2. The van der Waals surface area contributed by atoms with Crippen LogP contribution in [0.3, 0.4) is 0 Å². The van der Waals surface area contributed by atoms with Crippen molar-refractivity contribution in [3.05, 3.63) is 177 Å². The molecule has 6 rings (SSSR count). The van der Waals surface area contributed by atoms with Gasteiger partial charge in [0.05, 0.1) is 22.9 Å². The van der Waals surface area contributed by atoms with Crippen LogP contribution in [-0.4, -0.2) is 29.8 Å². The summed E-state index contributed by atoms with van der Waals surface area (Å²) in [6.07, 6.45) is 6.74. The van der Waals surface area contributed by atoms with E-state index in [4.69, 9.17) is 0 Å². The van der Waals surface area contributed by atoms with Gasteiger partial charge in [0.15, 0.2) is 0 Å². The van der Waals surface area contributed by atoms with Crippen LogP contribution in [0, 0.1) is 20.2 Å². The number of nitro groups is 2. The molecule has 0 saturated carbocycles. The summed E-state index contributed by atoms with van der Waals surface area (Å²) in [5.41, 5.74) is 1.39. The minimum absolute atomic E-state index is 0.0874. The SMILES string of the molecule is O=[N+]([O-])c1ccccc1CN(c1ccccn1)c1ccccn1.O=[N+]([O-])c1ccccc1CN(c1ccccn1)c1ccccn1. The number of pyridine rings is 4. The summed E-state index contributed by atoms with van der Waals surface area (Å²) in [6, 6.07) is 35.6. The molecule has 6 aromatic rings. The number of para-hydroxylation sites is 2. The number of benzene rings is 2. The largest absolute Gasteiger partial charge is 0.306 e. The summed E-state index contributed by atoms with van der Waals surface area (Å²) in [5.74, 6) is 2.74. The van der Waals surface area contributed by atoms with Gasteiger partial charge in [0.2, 0.25) is 0 Å². The van der Waals surface area contributed by atoms with Crippen LogP contribution in [0.4, 0.5) is 34.6 Å². The second kappa shape index (κ2) is 15.3. The molecule has 12 heteroatoms. The highest BCUT2D eigenvalue weighted by atomic mass is 16.6. The fraction of sp³-hybridized carbons (Fsp3) is 0.0588. The molecule has 0 aliphatic rings. The summed E-state index contributed by atoms with van der Waals surface area (Å²) in [4.78, 5) is 42.8. The number of rotatable bonds is 10. The third-order valence-electron chi connectivity index (χ3n) is 6.74. The Morgan fingerprint density at radius 1 is 0.435 bits per heavy atom. The molecule has 0 N–H and O–H groups in total. The van der Waals surface area contributed by atoms with Crippen LogP contribution >= 0.6 is 0 Å². The Bertz CT molecular complexity index is 1650. The molecular weight excluding hydrogens is 584 g/mol. The highest BCUT2D eigenvalue weighted by molar-refractivity contribution is 5.58. The lowest BCUT2D eigenvalue weighted by Gasteiger charge is -2.22. The molecule has 0 atom stereocenters. The fourth-order valence-electron chi connectivity index (χ4n) is 4.60. The summed E-state index contributed by atoms with van der Waals surface area (Å²) in [5, 5.41) is 22.5. The van der Waals surface area contributed by atoms with Gasteiger partial charge in [-0.2, -0.15) is 0 Å². The second-order valence-corrected chi connectivity index (χ2v) is 9.70. The molecule has 12 nitrogen and oxygen atoms in total. The zero-order chi connectivity index (χ0) is 32.1. The molecule has 4 heterocycles. The Morgan fingerprint density at radius 2 is 0.717 bits per heavy atom. The first kappa shape index (κ1) is 30.9. The Morgan fingerprint density at radius 3 is 0.978 bits per heavy atom. The number of hydrogen-bond donors (Lipinski definition) is 0. The van der Waals surface area contributed by atoms with Gasteiger partial charge in [-0.3, -0.25) is 20.2 Å². The summed E-state index contributed by atoms with van der Waals surface area (Å²) < 4.78 is 0. The van der Waals surface area contributed by atoms with E-state index in [9.17, 15) is 20.2 Å². The summed E-state index contributed by atoms with van der Waals surface area (Å²) in [6.45, 7) is 0.621. The van der Waals surface area contributed by atoms with Crippen LogP contribution < -0.4 is 9.80 Å². The first-order valence-corrected chi connectivity index (χ1v) is 14.1. The molecule has 0 radical (unpaired) electrons. The first-order valence-electron chi connectivity index (χ1n) is 14.1. The van der Waals surface area contributed by atoms with Crippen molar-refractivity contribution in [2.45, 2.75) is 13.1 Å². The maximum atomic E-state index is 11.2. The van der Waals surface area contributed by atoms with Gasteiger partial charge >= 0.3 is 0 Å². The average Bonchev–Trinajstić information content (AvgIpc) is 3.11. The van der Waals surface area contributed by atoms with Crippen LogP contribution in [0.25, 0.3) is 0 Å². The van der Waals surface area contributed by atoms with Crippen molar-refractivity contribution >= 4 is 34.6 Å². The Labute approximate surface area is 264 Å². The van der Waals surface area contributed by atoms with E-state index in [2.05, 4.69) is 19.9 Å². The molecule has 0 amide bonds. The molecule has 2 aromatic carbocycles. The van der Waals surface area contributed by atoms with Crippen LogP contribution in [0.15, 0.2) is 146 Å². The molecular formula is C34H28N8O4. The molecule has 0 unspecified atom stereocenters. The maximum Gasteiger partial charge on any atom is 0.274 e. The molecule has 4 aromatic heterocycles. The lowest BCUT2D eigenvalue weighted by atomic mass is 10.1. The highest BCUT2D eigenvalue weighted by Crippen LogP contribution is 2.28. The lowest BCUT2D eigenvalue weighted by Crippen LogP contribution is -2.19. The van der Waals surface area contributed by atoms with Crippen molar-refractivity contribution in [2.24, 2.45) is 0 Å². The van der Waals surface area contributed by atoms with Crippen LogP contribution in [0.5, 0.6) is 0 Å². The quantitative estimate of drug-likeness (QED) is 0.113. The molecule has 0 aliphatic carbocycles. The Balaban J connectivity index is 0.000000181. The fourth-order valence-corrected chi connectivity index (χ4v) is 4.60. The number of hydrogen-bond acceptors (Lipinski definition) is 10. The first-order chi connectivity index (χ1) is 22.5. The van der Waals surface area contributed by atoms with E-state index in [1.807, 2.05) is 82.6 Å². The summed E-state index contributed by atoms with van der Waals surface area (Å²) >= 11 is 0. The predicted octanol–water partition coefficient (Wildman–Crippen LogP) is 7.45. The van der Waals surface area contributed by atoms with E-state index >= 15 is 0 Å². The van der Waals surface area contributed by atoms with Gasteiger partial charge in [-0.25, -0.2) is 19.9 Å². The van der Waals surface area contributed by atoms with Gasteiger partial charge in [-0.1, -0.05) is 60.7 Å². The van der Waals surface area contributed by atoms with E-state index in [-0.39, 0.29) is 21.2 Å². The van der Waals surface area contributed by atoms with Crippen molar-refractivity contribution in [3.8, 4) is 0 Å². The number of aromatic nitrogens is 4. The normalized spacial score (nSPS) is 10.3. The van der Waals surface area contributed by atoms with Gasteiger partial charge in [0, 0.05) is 48.0 Å². The van der Waals surface area contributed by atoms with Crippen molar-refractivity contribution in [1.82, 2.24) is 19.9 Å². The third kappa shape index (κ3) is 7.88. The average molecular weight is 613 g/mol. The molecule has 0 bridgehead atoms. The van der Waals surface area contributed by atoms with E-state index < -0.39 is 0 Å². The van der Waals surface area contributed by atoms with E-state index in [0.717, 1.165) is 0 Å². The van der Waals surface area contributed by atoms with Crippen molar-refractivity contribution < 1.29 is 9.85 Å². The van der Waals surface area contributed by atoms with E-state index in [1.54, 1.807) is 61.2 Å². The van der Waals surface area contributed by atoms with Crippen molar-refractivity contribution in [1.29, 1.82) is 0 Å². The van der Waals surface area contributed by atoms with Crippen LogP contribution in [0.2, 0.25) is 0 Å². The number of anilines is 4. The monoisotopic (exact) mass is 612 g/mol. The van der Waals surface area contributed by atoms with Gasteiger partial charge in [0.1, 0.15) is 23.3 Å². The van der Waals surface area contributed by atoms with Crippen molar-refractivity contribution in [3.63, 3.8) is 0 Å². The predicted molar refractivity (Wildman–Crippen MR) is 175 cm³/mol. The lowest BCUT2D eigenvalue weighted by molar-refractivity contribution is -0.385. The Kier molecular flexibility index (Phi) is 10.2. The minimum Gasteiger partial charge on any atom is -0.306 e. The minimum atomic E-state index is -0.371. The molecule has 0 saturated heterocycles. The molecule has 0 aliphatic heterocycles. The molecule has 228 valence electrons. The smallest absolute Gasteiger partial charge is 0.274 e. The van der Waals surface area contributed by atoms with Crippen LogP contribution in [0.1, 0.15) is 11.1 Å². The van der Waals surface area contributed by atoms with E-state index in [0.29, 0.717) is 47.5 Å². The van der Waals surface area contributed by atoms with Gasteiger partial charge < -0.3 is 9.80 Å². The molecule has 46 heavy (non-hydrogen) atoms. The zero-order valence-electron chi connectivity index (χ0n) is 24.5. The maximum absolute atomic E-state index is 11.2. The van der Waals surface area contributed by atoms with Gasteiger partial charge in [-0.15, -0.1) is 0 Å². The van der Waals surface area contributed by atoms with Crippen molar-refractivity contribution in [2.75, 3.05) is 9.80 Å². The summed E-state index contributed by atoms with van der Waals surface area (Å²) in [7, 11) is 0. The highest BCUT2D eigenvalue weighted by Gasteiger charge is 2.20. The third-order valence-corrected chi connectivity index (χ3v) is 6.74.